The molecule has 2 amide bonds. The van der Waals surface area contributed by atoms with Gasteiger partial charge >= 0.3 is 0 Å². The molecule has 0 aliphatic heterocycles. The predicted molar refractivity (Wildman–Crippen MR) is 89.6 cm³/mol. The van der Waals surface area contributed by atoms with E-state index in [0.29, 0.717) is 16.5 Å². The Labute approximate surface area is 139 Å². The zero-order valence-corrected chi connectivity index (χ0v) is 13.2. The van der Waals surface area contributed by atoms with Crippen LogP contribution in [0.25, 0.3) is 0 Å². The molecule has 0 spiro atoms. The van der Waals surface area contributed by atoms with E-state index >= 15 is 0 Å². The summed E-state index contributed by atoms with van der Waals surface area (Å²) in [4.78, 5) is 23.4. The van der Waals surface area contributed by atoms with Crippen LogP contribution in [0.5, 0.6) is 5.75 Å². The van der Waals surface area contributed by atoms with E-state index in [2.05, 4.69) is 10.6 Å². The number of benzene rings is 2. The summed E-state index contributed by atoms with van der Waals surface area (Å²) in [5, 5.41) is 5.80. The molecule has 0 bridgehead atoms. The highest BCUT2D eigenvalue weighted by Gasteiger charge is 2.06. The summed E-state index contributed by atoms with van der Waals surface area (Å²) in [6.45, 7) is 0.168. The molecule has 2 aromatic carbocycles. The first kappa shape index (κ1) is 16.8. The van der Waals surface area contributed by atoms with Gasteiger partial charge in [-0.15, -0.1) is 0 Å². The monoisotopic (exact) mass is 332 g/mol. The molecular weight excluding hydrogens is 316 g/mol. The lowest BCUT2D eigenvalue weighted by Crippen LogP contribution is -2.33. The molecule has 0 saturated carbocycles. The molecule has 2 aromatic rings. The van der Waals surface area contributed by atoms with Crippen LogP contribution in [0.3, 0.4) is 0 Å². The van der Waals surface area contributed by atoms with E-state index in [-0.39, 0.29) is 31.4 Å². The maximum atomic E-state index is 11.7. The van der Waals surface area contributed by atoms with E-state index in [1.807, 2.05) is 30.3 Å². The van der Waals surface area contributed by atoms with Gasteiger partial charge in [-0.2, -0.15) is 0 Å². The Hall–Kier alpha value is -2.53. The molecule has 2 rings (SSSR count). The summed E-state index contributed by atoms with van der Waals surface area (Å²) in [6, 6.07) is 16.0. The van der Waals surface area contributed by atoms with Gasteiger partial charge in [-0.1, -0.05) is 29.8 Å². The van der Waals surface area contributed by atoms with Crippen molar-refractivity contribution >= 4 is 29.1 Å². The molecule has 2 N–H and O–H groups in total. The third-order valence-corrected chi connectivity index (χ3v) is 3.17. The lowest BCUT2D eigenvalue weighted by molar-refractivity contribution is -0.124. The summed E-state index contributed by atoms with van der Waals surface area (Å²) in [5.41, 5.74) is 0.626. The molecular formula is C17H17ClN2O3. The highest BCUT2D eigenvalue weighted by molar-refractivity contribution is 6.30. The Morgan fingerprint density at radius 1 is 0.957 bits per heavy atom. The van der Waals surface area contributed by atoms with Crippen molar-refractivity contribution in [2.45, 2.75) is 6.42 Å². The molecule has 0 radical (unpaired) electrons. The number of anilines is 1. The molecule has 0 aliphatic rings. The Morgan fingerprint density at radius 3 is 2.35 bits per heavy atom. The van der Waals surface area contributed by atoms with Crippen LogP contribution in [0.15, 0.2) is 54.6 Å². The van der Waals surface area contributed by atoms with Crippen LogP contribution in [0.2, 0.25) is 5.02 Å². The average Bonchev–Trinajstić information content (AvgIpc) is 2.56. The van der Waals surface area contributed by atoms with E-state index in [9.17, 15) is 9.59 Å². The quantitative estimate of drug-likeness (QED) is 0.819. The largest absolute Gasteiger partial charge is 0.493 e. The lowest BCUT2D eigenvalue weighted by Gasteiger charge is -2.08. The van der Waals surface area contributed by atoms with Gasteiger partial charge in [-0.3, -0.25) is 9.59 Å². The van der Waals surface area contributed by atoms with Gasteiger partial charge in [0.25, 0.3) is 0 Å². The number of ether oxygens (including phenoxy) is 1. The number of hydrogen-bond acceptors (Lipinski definition) is 3. The van der Waals surface area contributed by atoms with Crippen LogP contribution < -0.4 is 15.4 Å². The van der Waals surface area contributed by atoms with Crippen LogP contribution in [0, 0.1) is 0 Å². The topological polar surface area (TPSA) is 67.4 Å². The molecule has 0 aliphatic carbocycles. The van der Waals surface area contributed by atoms with Crippen molar-refractivity contribution in [3.63, 3.8) is 0 Å². The van der Waals surface area contributed by atoms with Gasteiger partial charge in [0.15, 0.2) is 0 Å². The van der Waals surface area contributed by atoms with Crippen molar-refractivity contribution in [3.8, 4) is 5.75 Å². The van der Waals surface area contributed by atoms with Gasteiger partial charge in [0.05, 0.1) is 19.6 Å². The Morgan fingerprint density at radius 2 is 1.65 bits per heavy atom. The number of nitrogens with one attached hydrogen (secondary N) is 2. The molecule has 5 nitrogen and oxygen atoms in total. The second-order valence-electron chi connectivity index (χ2n) is 4.74. The SMILES string of the molecule is O=C(CCOc1ccccc1)NCC(=O)Nc1ccc(Cl)cc1. The molecule has 23 heavy (non-hydrogen) atoms. The molecule has 0 atom stereocenters. The normalized spacial score (nSPS) is 9.96. The van der Waals surface area contributed by atoms with Gasteiger partial charge in [0.2, 0.25) is 11.8 Å². The van der Waals surface area contributed by atoms with Crippen molar-refractivity contribution in [2.24, 2.45) is 0 Å². The highest BCUT2D eigenvalue weighted by Crippen LogP contribution is 2.13. The number of amides is 2. The molecule has 0 heterocycles. The van der Waals surface area contributed by atoms with E-state index in [1.54, 1.807) is 24.3 Å². The highest BCUT2D eigenvalue weighted by atomic mass is 35.5. The van der Waals surface area contributed by atoms with Crippen molar-refractivity contribution in [2.75, 3.05) is 18.5 Å². The minimum Gasteiger partial charge on any atom is -0.493 e. The molecule has 0 aromatic heterocycles. The van der Waals surface area contributed by atoms with E-state index in [1.165, 1.54) is 0 Å². The number of rotatable bonds is 7. The van der Waals surface area contributed by atoms with Crippen LogP contribution in [0.1, 0.15) is 6.42 Å². The first-order valence-corrected chi connectivity index (χ1v) is 7.51. The van der Waals surface area contributed by atoms with E-state index in [4.69, 9.17) is 16.3 Å². The minimum atomic E-state index is -0.301. The summed E-state index contributed by atoms with van der Waals surface area (Å²) < 4.78 is 5.42. The average molecular weight is 333 g/mol. The van der Waals surface area contributed by atoms with Gasteiger partial charge < -0.3 is 15.4 Å². The molecule has 6 heteroatoms. The standard InChI is InChI=1S/C17H17ClN2O3/c18-13-6-8-14(9-7-13)20-17(22)12-19-16(21)10-11-23-15-4-2-1-3-5-15/h1-9H,10-12H2,(H,19,21)(H,20,22). The maximum absolute atomic E-state index is 11.7. The van der Waals surface area contributed by atoms with Crippen molar-refractivity contribution < 1.29 is 14.3 Å². The van der Waals surface area contributed by atoms with Crippen molar-refractivity contribution in [3.05, 3.63) is 59.6 Å². The molecule has 0 fully saturated rings. The summed E-state index contributed by atoms with van der Waals surface area (Å²) in [7, 11) is 0. The fraction of sp³-hybridized carbons (Fsp3) is 0.176. The zero-order valence-electron chi connectivity index (χ0n) is 12.4. The van der Waals surface area contributed by atoms with Crippen LogP contribution >= 0.6 is 11.6 Å². The van der Waals surface area contributed by atoms with Crippen molar-refractivity contribution in [1.29, 1.82) is 0 Å². The number of carbonyl (C=O) groups is 2. The minimum absolute atomic E-state index is 0.0905. The number of carbonyl (C=O) groups excluding carboxylic acids is 2. The van der Waals surface area contributed by atoms with Crippen molar-refractivity contribution in [1.82, 2.24) is 5.32 Å². The van der Waals surface area contributed by atoms with Gasteiger partial charge in [0, 0.05) is 10.7 Å². The third kappa shape index (κ3) is 6.40. The molecule has 120 valence electrons. The Balaban J connectivity index is 1.63. The fourth-order valence-corrected chi connectivity index (χ4v) is 1.91. The second kappa shape index (κ2) is 8.80. The van der Waals surface area contributed by atoms with Crippen LogP contribution in [-0.2, 0) is 9.59 Å². The lowest BCUT2D eigenvalue weighted by atomic mass is 10.3. The Kier molecular flexibility index (Phi) is 6.44. The Bertz CT molecular complexity index is 645. The van der Waals surface area contributed by atoms with Crippen LogP contribution in [0.4, 0.5) is 5.69 Å². The van der Waals surface area contributed by atoms with Crippen LogP contribution in [-0.4, -0.2) is 25.0 Å². The predicted octanol–water partition coefficient (Wildman–Crippen LogP) is 2.86. The second-order valence-corrected chi connectivity index (χ2v) is 5.18. The van der Waals surface area contributed by atoms with Gasteiger partial charge in [0.1, 0.15) is 5.75 Å². The smallest absolute Gasteiger partial charge is 0.243 e. The fourth-order valence-electron chi connectivity index (χ4n) is 1.78. The van der Waals surface area contributed by atoms with E-state index in [0.717, 1.165) is 0 Å². The third-order valence-electron chi connectivity index (χ3n) is 2.92. The molecule has 0 unspecified atom stereocenters. The summed E-state index contributed by atoms with van der Waals surface area (Å²) in [5.74, 6) is 0.164. The van der Waals surface area contributed by atoms with E-state index < -0.39 is 0 Å². The van der Waals surface area contributed by atoms with Gasteiger partial charge in [-0.25, -0.2) is 0 Å². The number of hydrogen-bond donors (Lipinski definition) is 2. The number of para-hydroxylation sites is 1. The molecule has 0 saturated heterocycles. The first-order valence-electron chi connectivity index (χ1n) is 7.13. The summed E-state index contributed by atoms with van der Waals surface area (Å²) in [6.07, 6.45) is 0.184. The summed E-state index contributed by atoms with van der Waals surface area (Å²) >= 11 is 5.76. The maximum Gasteiger partial charge on any atom is 0.243 e. The van der Waals surface area contributed by atoms with Gasteiger partial charge in [-0.05, 0) is 36.4 Å². The first-order chi connectivity index (χ1) is 11.1. The zero-order chi connectivity index (χ0) is 16.5. The number of halogens is 1.